The van der Waals surface area contributed by atoms with Crippen molar-refractivity contribution in [2.75, 3.05) is 14.2 Å². The van der Waals surface area contributed by atoms with Gasteiger partial charge in [-0.1, -0.05) is 53.2 Å². The first-order valence-corrected chi connectivity index (χ1v) is 7.56. The summed E-state index contributed by atoms with van der Waals surface area (Å²) < 4.78 is 10.7. The molecule has 2 aromatic carbocycles. The maximum atomic E-state index is 5.37. The summed E-state index contributed by atoms with van der Waals surface area (Å²) in [7, 11) is 3.31. The van der Waals surface area contributed by atoms with E-state index in [-0.39, 0.29) is 4.83 Å². The lowest BCUT2D eigenvalue weighted by atomic mass is 9.98. The molecule has 106 valence electrons. The standard InChI is InChI=1S/C17H19BrO2/c1-4-12-7-5-6-8-14(12)17(18)13-9-10-15(19-2)16(11-13)20-3/h5-11,17H,4H2,1-3H3. The average Bonchev–Trinajstić information content (AvgIpc) is 2.53. The summed E-state index contributed by atoms with van der Waals surface area (Å²) in [6, 6.07) is 14.5. The van der Waals surface area contributed by atoms with Crippen LogP contribution in [0.4, 0.5) is 0 Å². The van der Waals surface area contributed by atoms with Gasteiger partial charge in [0.25, 0.3) is 0 Å². The van der Waals surface area contributed by atoms with Gasteiger partial charge in [0.15, 0.2) is 11.5 Å². The van der Waals surface area contributed by atoms with Crippen LogP contribution in [-0.4, -0.2) is 14.2 Å². The molecule has 2 rings (SSSR count). The maximum absolute atomic E-state index is 5.37. The number of hydrogen-bond acceptors (Lipinski definition) is 2. The van der Waals surface area contributed by atoms with E-state index in [0.717, 1.165) is 23.5 Å². The number of ether oxygens (including phenoxy) is 2. The quantitative estimate of drug-likeness (QED) is 0.734. The highest BCUT2D eigenvalue weighted by molar-refractivity contribution is 9.09. The van der Waals surface area contributed by atoms with Gasteiger partial charge in [-0.3, -0.25) is 0 Å². The molecule has 2 aromatic rings. The fourth-order valence-electron chi connectivity index (χ4n) is 2.29. The largest absolute Gasteiger partial charge is 0.493 e. The number of rotatable bonds is 5. The number of alkyl halides is 1. The molecular formula is C17H19BrO2. The Balaban J connectivity index is 2.40. The van der Waals surface area contributed by atoms with E-state index in [1.54, 1.807) is 14.2 Å². The number of aryl methyl sites for hydroxylation is 1. The van der Waals surface area contributed by atoms with Gasteiger partial charge in [0.2, 0.25) is 0 Å². The molecule has 0 radical (unpaired) electrons. The Bertz CT molecular complexity index is 581. The molecule has 0 saturated heterocycles. The molecule has 2 nitrogen and oxygen atoms in total. The topological polar surface area (TPSA) is 18.5 Å². The molecule has 1 atom stereocenters. The first-order chi connectivity index (χ1) is 9.71. The smallest absolute Gasteiger partial charge is 0.161 e. The lowest BCUT2D eigenvalue weighted by Gasteiger charge is -2.16. The van der Waals surface area contributed by atoms with E-state index in [2.05, 4.69) is 53.2 Å². The average molecular weight is 335 g/mol. The summed E-state index contributed by atoms with van der Waals surface area (Å²) in [6.45, 7) is 2.17. The predicted molar refractivity (Wildman–Crippen MR) is 86.1 cm³/mol. The van der Waals surface area contributed by atoms with Gasteiger partial charge >= 0.3 is 0 Å². The van der Waals surface area contributed by atoms with Gasteiger partial charge < -0.3 is 9.47 Å². The van der Waals surface area contributed by atoms with Crippen molar-refractivity contribution in [1.82, 2.24) is 0 Å². The van der Waals surface area contributed by atoms with Gasteiger partial charge in [-0.2, -0.15) is 0 Å². The zero-order valence-corrected chi connectivity index (χ0v) is 13.6. The molecule has 0 aliphatic rings. The molecule has 3 heteroatoms. The van der Waals surface area contributed by atoms with Crippen LogP contribution in [-0.2, 0) is 6.42 Å². The summed E-state index contributed by atoms with van der Waals surface area (Å²) >= 11 is 3.80. The van der Waals surface area contributed by atoms with Crippen molar-refractivity contribution in [1.29, 1.82) is 0 Å². The first kappa shape index (κ1) is 14.9. The lowest BCUT2D eigenvalue weighted by Crippen LogP contribution is -1.99. The van der Waals surface area contributed by atoms with Crippen molar-refractivity contribution >= 4 is 15.9 Å². The Morgan fingerprint density at radius 2 is 1.70 bits per heavy atom. The van der Waals surface area contributed by atoms with Crippen LogP contribution in [0.1, 0.15) is 28.4 Å². The van der Waals surface area contributed by atoms with E-state index in [9.17, 15) is 0 Å². The molecule has 0 aliphatic carbocycles. The molecule has 20 heavy (non-hydrogen) atoms. The number of halogens is 1. The third-order valence-corrected chi connectivity index (χ3v) is 4.43. The molecule has 0 spiro atoms. The number of hydrogen-bond donors (Lipinski definition) is 0. The summed E-state index contributed by atoms with van der Waals surface area (Å²) in [6.07, 6.45) is 1.02. The van der Waals surface area contributed by atoms with Gasteiger partial charge in [0, 0.05) is 0 Å². The lowest BCUT2D eigenvalue weighted by molar-refractivity contribution is 0.354. The second-order valence-corrected chi connectivity index (χ2v) is 5.45. The fraction of sp³-hybridized carbons (Fsp3) is 0.294. The highest BCUT2D eigenvalue weighted by atomic mass is 79.9. The third kappa shape index (κ3) is 2.98. The van der Waals surface area contributed by atoms with Crippen LogP contribution in [0.2, 0.25) is 0 Å². The molecule has 0 bridgehead atoms. The minimum Gasteiger partial charge on any atom is -0.493 e. The summed E-state index contributed by atoms with van der Waals surface area (Å²) in [5, 5.41) is 0. The van der Waals surface area contributed by atoms with Crippen LogP contribution < -0.4 is 9.47 Å². The molecule has 0 heterocycles. The second-order valence-electron chi connectivity index (χ2n) is 4.53. The van der Waals surface area contributed by atoms with E-state index < -0.39 is 0 Å². The van der Waals surface area contributed by atoms with Crippen molar-refractivity contribution < 1.29 is 9.47 Å². The molecular weight excluding hydrogens is 316 g/mol. The van der Waals surface area contributed by atoms with E-state index >= 15 is 0 Å². The van der Waals surface area contributed by atoms with E-state index in [4.69, 9.17) is 9.47 Å². The van der Waals surface area contributed by atoms with Crippen molar-refractivity contribution in [2.24, 2.45) is 0 Å². The first-order valence-electron chi connectivity index (χ1n) is 6.65. The monoisotopic (exact) mass is 334 g/mol. The van der Waals surface area contributed by atoms with Crippen LogP contribution in [0.3, 0.4) is 0 Å². The highest BCUT2D eigenvalue weighted by Crippen LogP contribution is 2.37. The molecule has 0 fully saturated rings. The van der Waals surface area contributed by atoms with Gasteiger partial charge in [-0.25, -0.2) is 0 Å². The summed E-state index contributed by atoms with van der Waals surface area (Å²) in [5.74, 6) is 1.50. The van der Waals surface area contributed by atoms with Crippen LogP contribution in [0.5, 0.6) is 11.5 Å². The summed E-state index contributed by atoms with van der Waals surface area (Å²) in [4.78, 5) is 0.151. The van der Waals surface area contributed by atoms with Gasteiger partial charge in [0.05, 0.1) is 19.0 Å². The van der Waals surface area contributed by atoms with E-state index in [0.29, 0.717) is 0 Å². The zero-order chi connectivity index (χ0) is 14.5. The molecule has 0 amide bonds. The SMILES string of the molecule is CCc1ccccc1C(Br)c1ccc(OC)c(OC)c1. The molecule has 0 aromatic heterocycles. The van der Waals surface area contributed by atoms with E-state index in [1.165, 1.54) is 11.1 Å². The van der Waals surface area contributed by atoms with Crippen LogP contribution in [0.15, 0.2) is 42.5 Å². The Morgan fingerprint density at radius 3 is 2.35 bits per heavy atom. The Labute approximate surface area is 128 Å². The number of benzene rings is 2. The van der Waals surface area contributed by atoms with Crippen molar-refractivity contribution in [3.05, 3.63) is 59.2 Å². The minimum absolute atomic E-state index is 0.151. The molecule has 1 unspecified atom stereocenters. The Morgan fingerprint density at radius 1 is 1.00 bits per heavy atom. The Kier molecular flexibility index (Phi) is 5.07. The van der Waals surface area contributed by atoms with Crippen molar-refractivity contribution in [2.45, 2.75) is 18.2 Å². The highest BCUT2D eigenvalue weighted by Gasteiger charge is 2.15. The predicted octanol–water partition coefficient (Wildman–Crippen LogP) is 4.75. The van der Waals surface area contributed by atoms with Crippen LogP contribution >= 0.6 is 15.9 Å². The van der Waals surface area contributed by atoms with Crippen LogP contribution in [0, 0.1) is 0 Å². The van der Waals surface area contributed by atoms with Gasteiger partial charge in [-0.05, 0) is 35.2 Å². The Hall–Kier alpha value is -1.48. The molecule has 0 aliphatic heterocycles. The number of methoxy groups -OCH3 is 2. The van der Waals surface area contributed by atoms with Gasteiger partial charge in [0.1, 0.15) is 0 Å². The van der Waals surface area contributed by atoms with Crippen molar-refractivity contribution in [3.8, 4) is 11.5 Å². The van der Waals surface area contributed by atoms with Gasteiger partial charge in [-0.15, -0.1) is 0 Å². The molecule has 0 saturated carbocycles. The fourth-order valence-corrected chi connectivity index (χ4v) is 3.02. The summed E-state index contributed by atoms with van der Waals surface area (Å²) in [5.41, 5.74) is 3.80. The molecule has 0 N–H and O–H groups in total. The third-order valence-electron chi connectivity index (χ3n) is 3.41. The minimum atomic E-state index is 0.151. The normalized spacial score (nSPS) is 12.0. The second kappa shape index (κ2) is 6.80. The van der Waals surface area contributed by atoms with Crippen molar-refractivity contribution in [3.63, 3.8) is 0 Å². The zero-order valence-electron chi connectivity index (χ0n) is 12.0. The maximum Gasteiger partial charge on any atom is 0.161 e. The van der Waals surface area contributed by atoms with E-state index in [1.807, 2.05) is 12.1 Å². The van der Waals surface area contributed by atoms with Crippen LogP contribution in [0.25, 0.3) is 0 Å².